The quantitative estimate of drug-likeness (QED) is 0.501. The smallest absolute Gasteiger partial charge is 0.169 e. The fourth-order valence-electron chi connectivity index (χ4n) is 3.02. The minimum absolute atomic E-state index is 0.222. The van der Waals surface area contributed by atoms with Gasteiger partial charge in [-0.15, -0.1) is 11.3 Å². The molecule has 1 aliphatic rings. The van der Waals surface area contributed by atoms with Crippen LogP contribution in [0.3, 0.4) is 0 Å². The molecule has 26 heavy (non-hydrogen) atoms. The molecule has 8 heteroatoms. The first kappa shape index (κ1) is 17.1. The van der Waals surface area contributed by atoms with Crippen LogP contribution in [-0.4, -0.2) is 21.4 Å². The van der Waals surface area contributed by atoms with Crippen LogP contribution in [0.4, 0.5) is 17.6 Å². The van der Waals surface area contributed by atoms with Crippen LogP contribution >= 0.6 is 11.3 Å². The van der Waals surface area contributed by atoms with Gasteiger partial charge < -0.3 is 0 Å². The summed E-state index contributed by atoms with van der Waals surface area (Å²) < 4.78 is 54.5. The van der Waals surface area contributed by atoms with E-state index in [1.807, 2.05) is 17.5 Å². The summed E-state index contributed by atoms with van der Waals surface area (Å²) in [5.41, 5.74) is 1.13. The normalized spacial score (nSPS) is 14.5. The molecule has 1 aromatic carbocycles. The third-order valence-corrected chi connectivity index (χ3v) is 5.20. The molecule has 0 saturated carbocycles. The minimum Gasteiger partial charge on any atom is -0.294 e. The number of rotatable bonds is 3. The number of benzene rings is 1. The molecule has 0 N–H and O–H groups in total. The first-order chi connectivity index (χ1) is 12.5. The molecule has 3 aromatic rings. The Bertz CT molecular complexity index is 933. The van der Waals surface area contributed by atoms with Crippen LogP contribution in [0.1, 0.15) is 16.8 Å². The number of aromatic nitrogens is 2. The van der Waals surface area contributed by atoms with Crippen molar-refractivity contribution < 1.29 is 17.6 Å². The molecule has 4 rings (SSSR count). The maximum atomic E-state index is 13.9. The molecule has 3 nitrogen and oxygen atoms in total. The second-order valence-corrected chi connectivity index (χ2v) is 7.00. The lowest BCUT2D eigenvalue weighted by Crippen LogP contribution is -2.31. The lowest BCUT2D eigenvalue weighted by Gasteiger charge is -2.28. The Morgan fingerprint density at radius 3 is 2.58 bits per heavy atom. The molecule has 0 spiro atoms. The maximum Gasteiger partial charge on any atom is 0.169 e. The maximum absolute atomic E-state index is 13.9. The van der Waals surface area contributed by atoms with Crippen molar-refractivity contribution >= 4 is 11.3 Å². The van der Waals surface area contributed by atoms with Gasteiger partial charge in [0.2, 0.25) is 0 Å². The van der Waals surface area contributed by atoms with Crippen molar-refractivity contribution in [1.82, 2.24) is 14.9 Å². The number of hydrogen-bond donors (Lipinski definition) is 0. The molecule has 2 aromatic heterocycles. The Balaban J connectivity index is 1.57. The molecule has 0 amide bonds. The summed E-state index contributed by atoms with van der Waals surface area (Å²) in [5, 5.41) is 1.95. The number of hydrogen-bond acceptors (Lipinski definition) is 4. The van der Waals surface area contributed by atoms with Crippen molar-refractivity contribution in [1.29, 1.82) is 0 Å². The van der Waals surface area contributed by atoms with Gasteiger partial charge in [0.1, 0.15) is 0 Å². The summed E-state index contributed by atoms with van der Waals surface area (Å²) in [7, 11) is 0. The highest BCUT2D eigenvalue weighted by Gasteiger charge is 2.24. The molecule has 134 valence electrons. The van der Waals surface area contributed by atoms with E-state index in [2.05, 4.69) is 9.97 Å². The number of nitrogens with zero attached hydrogens (tertiary/aromatic N) is 3. The van der Waals surface area contributed by atoms with E-state index in [9.17, 15) is 17.6 Å². The second-order valence-electron chi connectivity index (χ2n) is 6.05. The summed E-state index contributed by atoms with van der Waals surface area (Å²) in [4.78, 5) is 11.6. The Hall–Kier alpha value is -2.32. The Labute approximate surface area is 151 Å². The van der Waals surface area contributed by atoms with Gasteiger partial charge in [-0.3, -0.25) is 4.90 Å². The largest absolute Gasteiger partial charge is 0.294 e. The third kappa shape index (κ3) is 3.10. The van der Waals surface area contributed by atoms with E-state index in [1.54, 1.807) is 22.4 Å². The van der Waals surface area contributed by atoms with Crippen molar-refractivity contribution in [2.45, 2.75) is 19.5 Å². The second kappa shape index (κ2) is 6.77. The van der Waals surface area contributed by atoms with Crippen LogP contribution in [0.2, 0.25) is 0 Å². The molecular weight excluding hydrogens is 366 g/mol. The molecule has 3 heterocycles. The SMILES string of the molecule is Fc1cc(F)c(F)c(CN2CCc3nc(-c4cccs4)ncc3C2)c1F. The van der Waals surface area contributed by atoms with E-state index in [-0.39, 0.29) is 12.6 Å². The van der Waals surface area contributed by atoms with Gasteiger partial charge in [0, 0.05) is 49.4 Å². The molecule has 0 unspecified atom stereocenters. The molecule has 1 aliphatic heterocycles. The standard InChI is InChI=1S/C18H13F4N3S/c19-12-6-13(20)17(22)11(16(12)21)9-25-4-3-14-10(8-25)7-23-18(24-14)15-2-1-5-26-15/h1-2,5-7H,3-4,8-9H2. The average Bonchev–Trinajstić information content (AvgIpc) is 3.18. The predicted octanol–water partition coefficient (Wildman–Crippen LogP) is 4.32. The Morgan fingerprint density at radius 2 is 1.88 bits per heavy atom. The Morgan fingerprint density at radius 1 is 1.12 bits per heavy atom. The van der Waals surface area contributed by atoms with E-state index in [1.165, 1.54) is 0 Å². The zero-order chi connectivity index (χ0) is 18.3. The van der Waals surface area contributed by atoms with E-state index >= 15 is 0 Å². The molecule has 0 radical (unpaired) electrons. The van der Waals surface area contributed by atoms with Crippen molar-refractivity contribution in [3.05, 3.63) is 69.9 Å². The van der Waals surface area contributed by atoms with E-state index in [0.29, 0.717) is 25.3 Å². The topological polar surface area (TPSA) is 29.0 Å². The summed E-state index contributed by atoms with van der Waals surface area (Å²) >= 11 is 1.55. The lowest BCUT2D eigenvalue weighted by atomic mass is 10.1. The fraction of sp³-hybridized carbons (Fsp3) is 0.222. The van der Waals surface area contributed by atoms with Gasteiger partial charge in [-0.25, -0.2) is 27.5 Å². The number of thiophene rings is 1. The highest BCUT2D eigenvalue weighted by Crippen LogP contribution is 2.26. The van der Waals surface area contributed by atoms with Crippen LogP contribution < -0.4 is 0 Å². The zero-order valence-corrected chi connectivity index (χ0v) is 14.3. The zero-order valence-electron chi connectivity index (χ0n) is 13.5. The minimum atomic E-state index is -1.39. The van der Waals surface area contributed by atoms with Crippen LogP contribution in [0.25, 0.3) is 10.7 Å². The molecule has 0 aliphatic carbocycles. The summed E-state index contributed by atoms with van der Waals surface area (Å²) in [6.45, 7) is 0.612. The monoisotopic (exact) mass is 379 g/mol. The van der Waals surface area contributed by atoms with E-state index in [4.69, 9.17) is 0 Å². The van der Waals surface area contributed by atoms with Gasteiger partial charge in [0.15, 0.2) is 29.1 Å². The molecular formula is C18H13F4N3S. The number of halogens is 4. The molecule has 0 fully saturated rings. The van der Waals surface area contributed by atoms with Gasteiger partial charge in [-0.2, -0.15) is 0 Å². The number of fused-ring (bicyclic) bond motifs is 1. The summed E-state index contributed by atoms with van der Waals surface area (Å²) in [6.07, 6.45) is 2.26. The van der Waals surface area contributed by atoms with Crippen molar-refractivity contribution in [2.24, 2.45) is 0 Å². The lowest BCUT2D eigenvalue weighted by molar-refractivity contribution is 0.233. The average molecular weight is 379 g/mol. The Kier molecular flexibility index (Phi) is 4.46. The van der Waals surface area contributed by atoms with Gasteiger partial charge in [-0.05, 0) is 11.4 Å². The predicted molar refractivity (Wildman–Crippen MR) is 89.4 cm³/mol. The van der Waals surface area contributed by atoms with Crippen LogP contribution in [-0.2, 0) is 19.5 Å². The van der Waals surface area contributed by atoms with E-state index < -0.39 is 28.8 Å². The first-order valence-corrected chi connectivity index (χ1v) is 8.84. The van der Waals surface area contributed by atoms with Gasteiger partial charge in [0.05, 0.1) is 10.6 Å². The van der Waals surface area contributed by atoms with Crippen molar-refractivity contribution in [3.8, 4) is 10.7 Å². The van der Waals surface area contributed by atoms with E-state index in [0.717, 1.165) is 16.1 Å². The highest BCUT2D eigenvalue weighted by molar-refractivity contribution is 7.13. The first-order valence-electron chi connectivity index (χ1n) is 7.96. The highest BCUT2D eigenvalue weighted by atomic mass is 32.1. The summed E-state index contributed by atoms with van der Waals surface area (Å²) in [5.74, 6) is -4.82. The van der Waals surface area contributed by atoms with Crippen molar-refractivity contribution in [3.63, 3.8) is 0 Å². The third-order valence-electron chi connectivity index (χ3n) is 4.34. The van der Waals surface area contributed by atoms with Crippen LogP contribution in [0.15, 0.2) is 29.8 Å². The molecule has 0 bridgehead atoms. The van der Waals surface area contributed by atoms with Crippen molar-refractivity contribution in [2.75, 3.05) is 6.54 Å². The van der Waals surface area contributed by atoms with Gasteiger partial charge in [-0.1, -0.05) is 6.07 Å². The van der Waals surface area contributed by atoms with Crippen LogP contribution in [0.5, 0.6) is 0 Å². The molecule has 0 atom stereocenters. The van der Waals surface area contributed by atoms with Gasteiger partial charge in [0.25, 0.3) is 0 Å². The molecule has 0 saturated heterocycles. The fourth-order valence-corrected chi connectivity index (χ4v) is 3.68. The van der Waals surface area contributed by atoms with Gasteiger partial charge >= 0.3 is 0 Å². The summed E-state index contributed by atoms with van der Waals surface area (Å²) in [6, 6.07) is 4.08. The van der Waals surface area contributed by atoms with Crippen LogP contribution in [0, 0.1) is 23.3 Å².